The molecule has 0 aliphatic carbocycles. The number of hydrogen-bond donors (Lipinski definition) is 2. The lowest BCUT2D eigenvalue weighted by molar-refractivity contribution is 0.00359. The highest BCUT2D eigenvalue weighted by molar-refractivity contribution is 5.95. The summed E-state index contributed by atoms with van der Waals surface area (Å²) >= 11 is 0. The van der Waals surface area contributed by atoms with Crippen molar-refractivity contribution >= 4 is 17.6 Å². The fourth-order valence-corrected chi connectivity index (χ4v) is 2.54. The van der Waals surface area contributed by atoms with Crippen molar-refractivity contribution < 1.29 is 14.3 Å². The van der Waals surface area contributed by atoms with Gasteiger partial charge in [0.2, 0.25) is 0 Å². The minimum Gasteiger partial charge on any atom is -0.377 e. The molecule has 1 aromatic rings. The molecule has 0 radical (unpaired) electrons. The molecule has 1 fully saturated rings. The number of anilines is 1. The van der Waals surface area contributed by atoms with Crippen LogP contribution in [0.5, 0.6) is 0 Å². The summed E-state index contributed by atoms with van der Waals surface area (Å²) in [5.41, 5.74) is 1.29. The third-order valence-corrected chi connectivity index (χ3v) is 4.03. The van der Waals surface area contributed by atoms with E-state index in [1.54, 1.807) is 24.3 Å². The number of carbonyl (C=O) groups excluding carboxylic acids is 2. The number of morpholine rings is 1. The van der Waals surface area contributed by atoms with Gasteiger partial charge in [0, 0.05) is 24.3 Å². The minimum absolute atomic E-state index is 0.00117. The van der Waals surface area contributed by atoms with Crippen molar-refractivity contribution in [2.75, 3.05) is 31.6 Å². The first-order chi connectivity index (χ1) is 11.5. The van der Waals surface area contributed by atoms with Crippen molar-refractivity contribution in [3.63, 3.8) is 0 Å². The maximum Gasteiger partial charge on any atom is 0.319 e. The number of carbonyl (C=O) groups is 2. The molecule has 1 unspecified atom stereocenters. The molecule has 6 heteroatoms. The summed E-state index contributed by atoms with van der Waals surface area (Å²) in [6, 6.07) is 6.84. The zero-order chi connectivity index (χ0) is 17.5. The predicted molar refractivity (Wildman–Crippen MR) is 94.2 cm³/mol. The molecule has 1 atom stereocenters. The van der Waals surface area contributed by atoms with Crippen LogP contribution >= 0.6 is 0 Å². The first-order valence-corrected chi connectivity index (χ1v) is 8.51. The van der Waals surface area contributed by atoms with Gasteiger partial charge in [0.25, 0.3) is 5.91 Å². The molecule has 1 heterocycles. The fourth-order valence-electron chi connectivity index (χ4n) is 2.54. The van der Waals surface area contributed by atoms with Crippen LogP contribution in [-0.2, 0) is 4.74 Å². The van der Waals surface area contributed by atoms with Crippen LogP contribution in [0.1, 0.15) is 37.6 Å². The van der Waals surface area contributed by atoms with Gasteiger partial charge in [-0.05, 0) is 43.5 Å². The SMILES string of the molecule is CC(C)CCNC(=O)Nc1ccc(C(=O)N2CCOCC2C)cc1. The number of nitrogens with zero attached hydrogens (tertiary/aromatic N) is 1. The summed E-state index contributed by atoms with van der Waals surface area (Å²) in [5.74, 6) is 0.553. The molecule has 1 aromatic carbocycles. The van der Waals surface area contributed by atoms with E-state index >= 15 is 0 Å². The van der Waals surface area contributed by atoms with Gasteiger partial charge in [0.1, 0.15) is 0 Å². The molecule has 6 nitrogen and oxygen atoms in total. The Morgan fingerprint density at radius 3 is 2.62 bits per heavy atom. The maximum absolute atomic E-state index is 12.5. The Bertz CT molecular complexity index is 557. The van der Waals surface area contributed by atoms with Crippen molar-refractivity contribution in [1.82, 2.24) is 10.2 Å². The molecule has 1 aliphatic heterocycles. The van der Waals surface area contributed by atoms with Gasteiger partial charge in [0.05, 0.1) is 19.3 Å². The third kappa shape index (κ3) is 5.23. The number of hydrogen-bond acceptors (Lipinski definition) is 3. The fraction of sp³-hybridized carbons (Fsp3) is 0.556. The zero-order valence-electron chi connectivity index (χ0n) is 14.7. The molecule has 0 spiro atoms. The molecule has 0 aromatic heterocycles. The van der Waals surface area contributed by atoms with E-state index in [0.717, 1.165) is 6.42 Å². The van der Waals surface area contributed by atoms with E-state index < -0.39 is 0 Å². The Labute approximate surface area is 143 Å². The Morgan fingerprint density at radius 2 is 2.00 bits per heavy atom. The second-order valence-electron chi connectivity index (χ2n) is 6.56. The molecular formula is C18H27N3O3. The van der Waals surface area contributed by atoms with Crippen LogP contribution in [0.15, 0.2) is 24.3 Å². The number of urea groups is 1. The average Bonchev–Trinajstić information content (AvgIpc) is 2.55. The van der Waals surface area contributed by atoms with Crippen LogP contribution in [0.25, 0.3) is 0 Å². The molecule has 2 rings (SSSR count). The van der Waals surface area contributed by atoms with Crippen molar-refractivity contribution in [2.45, 2.75) is 33.2 Å². The van der Waals surface area contributed by atoms with Crippen LogP contribution in [0.4, 0.5) is 10.5 Å². The topological polar surface area (TPSA) is 70.7 Å². The zero-order valence-corrected chi connectivity index (χ0v) is 14.7. The third-order valence-electron chi connectivity index (χ3n) is 4.03. The van der Waals surface area contributed by atoms with E-state index in [4.69, 9.17) is 4.74 Å². The maximum atomic E-state index is 12.5. The first kappa shape index (κ1) is 18.3. The summed E-state index contributed by atoms with van der Waals surface area (Å²) in [6.45, 7) is 8.62. The Kier molecular flexibility index (Phi) is 6.61. The lowest BCUT2D eigenvalue weighted by Crippen LogP contribution is -2.47. The van der Waals surface area contributed by atoms with Crippen LogP contribution in [0.2, 0.25) is 0 Å². The van der Waals surface area contributed by atoms with Crippen molar-refractivity contribution in [2.24, 2.45) is 5.92 Å². The van der Waals surface area contributed by atoms with Crippen LogP contribution in [-0.4, -0.2) is 49.2 Å². The molecule has 132 valence electrons. The molecule has 2 N–H and O–H groups in total. The number of benzene rings is 1. The summed E-state index contributed by atoms with van der Waals surface area (Å²) in [5, 5.41) is 5.59. The summed E-state index contributed by atoms with van der Waals surface area (Å²) < 4.78 is 5.36. The van der Waals surface area contributed by atoms with Gasteiger partial charge in [0.15, 0.2) is 0 Å². The summed E-state index contributed by atoms with van der Waals surface area (Å²) in [6.07, 6.45) is 0.943. The van der Waals surface area contributed by atoms with Gasteiger partial charge in [-0.3, -0.25) is 4.79 Å². The Hall–Kier alpha value is -2.08. The lowest BCUT2D eigenvalue weighted by atomic mass is 10.1. The average molecular weight is 333 g/mol. The van der Waals surface area contributed by atoms with Crippen LogP contribution < -0.4 is 10.6 Å². The van der Waals surface area contributed by atoms with Gasteiger partial charge in [-0.1, -0.05) is 13.8 Å². The molecule has 1 saturated heterocycles. The number of nitrogens with one attached hydrogen (secondary N) is 2. The van der Waals surface area contributed by atoms with Crippen molar-refractivity contribution in [1.29, 1.82) is 0 Å². The number of amides is 3. The monoisotopic (exact) mass is 333 g/mol. The van der Waals surface area contributed by atoms with Gasteiger partial charge < -0.3 is 20.3 Å². The largest absolute Gasteiger partial charge is 0.377 e. The molecule has 24 heavy (non-hydrogen) atoms. The summed E-state index contributed by atoms with van der Waals surface area (Å²) in [7, 11) is 0. The highest BCUT2D eigenvalue weighted by atomic mass is 16.5. The molecule has 1 aliphatic rings. The van der Waals surface area contributed by atoms with E-state index in [-0.39, 0.29) is 18.0 Å². The second kappa shape index (κ2) is 8.68. The van der Waals surface area contributed by atoms with Crippen molar-refractivity contribution in [3.8, 4) is 0 Å². The lowest BCUT2D eigenvalue weighted by Gasteiger charge is -2.33. The van der Waals surface area contributed by atoms with Crippen molar-refractivity contribution in [3.05, 3.63) is 29.8 Å². The van der Waals surface area contributed by atoms with E-state index in [1.807, 2.05) is 11.8 Å². The molecule has 3 amide bonds. The number of rotatable bonds is 5. The normalized spacial score (nSPS) is 17.7. The highest BCUT2D eigenvalue weighted by Gasteiger charge is 2.24. The summed E-state index contributed by atoms with van der Waals surface area (Å²) in [4.78, 5) is 26.1. The predicted octanol–water partition coefficient (Wildman–Crippen LogP) is 2.72. The van der Waals surface area contributed by atoms with Gasteiger partial charge in [-0.2, -0.15) is 0 Å². The Morgan fingerprint density at radius 1 is 1.29 bits per heavy atom. The highest BCUT2D eigenvalue weighted by Crippen LogP contribution is 2.15. The van der Waals surface area contributed by atoms with Crippen LogP contribution in [0, 0.1) is 5.92 Å². The van der Waals surface area contributed by atoms with Gasteiger partial charge in [-0.25, -0.2) is 4.79 Å². The van der Waals surface area contributed by atoms with Gasteiger partial charge >= 0.3 is 6.03 Å². The van der Waals surface area contributed by atoms with E-state index in [0.29, 0.717) is 43.5 Å². The molecular weight excluding hydrogens is 306 g/mol. The Balaban J connectivity index is 1.88. The van der Waals surface area contributed by atoms with E-state index in [2.05, 4.69) is 24.5 Å². The smallest absolute Gasteiger partial charge is 0.319 e. The van der Waals surface area contributed by atoms with Gasteiger partial charge in [-0.15, -0.1) is 0 Å². The minimum atomic E-state index is -0.225. The molecule has 0 bridgehead atoms. The van der Waals surface area contributed by atoms with E-state index in [1.165, 1.54) is 0 Å². The first-order valence-electron chi connectivity index (χ1n) is 8.51. The van der Waals surface area contributed by atoms with Crippen LogP contribution in [0.3, 0.4) is 0 Å². The standard InChI is InChI=1S/C18H27N3O3/c1-13(2)8-9-19-18(23)20-16-6-4-15(5-7-16)17(22)21-10-11-24-12-14(21)3/h4-7,13-14H,8-12H2,1-3H3,(H2,19,20,23). The quantitative estimate of drug-likeness (QED) is 0.870. The van der Waals surface area contributed by atoms with E-state index in [9.17, 15) is 9.59 Å². The number of ether oxygens (including phenoxy) is 1. The molecule has 0 saturated carbocycles. The second-order valence-corrected chi connectivity index (χ2v) is 6.56.